The Morgan fingerprint density at radius 2 is 2.64 bits per heavy atom. The molecule has 0 unspecified atom stereocenters. The second kappa shape index (κ2) is 2.84. The molecule has 5 nitrogen and oxygen atoms in total. The minimum Gasteiger partial charge on any atom is -0.478 e. The molecule has 0 aliphatic carbocycles. The summed E-state index contributed by atoms with van der Waals surface area (Å²) in [7, 11) is 0. The van der Waals surface area contributed by atoms with Crippen LogP contribution in [0.2, 0.25) is 0 Å². The molecule has 0 spiro atoms. The van der Waals surface area contributed by atoms with Crippen molar-refractivity contribution in [3.05, 3.63) is 18.0 Å². The Bertz CT molecular complexity index is 310. The highest BCUT2D eigenvalue weighted by Gasteiger charge is 2.04. The maximum absolute atomic E-state index is 10.3. The van der Waals surface area contributed by atoms with Crippen molar-refractivity contribution >= 4 is 5.97 Å². The lowest BCUT2D eigenvalue weighted by Gasteiger charge is -1.87. The van der Waals surface area contributed by atoms with Gasteiger partial charge in [0.15, 0.2) is 0 Å². The fraction of sp³-hybridized carbons (Fsp3) is 0.167. The van der Waals surface area contributed by atoms with E-state index >= 15 is 0 Å². The number of hydrogen-bond donors (Lipinski definition) is 1. The third-order valence-corrected chi connectivity index (χ3v) is 1.11. The van der Waals surface area contributed by atoms with Crippen LogP contribution in [0.5, 0.6) is 0 Å². The molecule has 0 fully saturated rings. The van der Waals surface area contributed by atoms with Gasteiger partial charge in [0.2, 0.25) is 0 Å². The quantitative estimate of drug-likeness (QED) is 0.650. The normalized spacial score (nSPS) is 9.00. The van der Waals surface area contributed by atoms with E-state index in [1.165, 1.54) is 17.1 Å². The zero-order valence-electron chi connectivity index (χ0n) is 5.56. The highest BCUT2D eigenvalue weighted by Crippen LogP contribution is 1.95. The Morgan fingerprint density at radius 3 is 3.09 bits per heavy atom. The SMILES string of the molecule is N#CCn1cc(C(=O)O)cn1. The summed E-state index contributed by atoms with van der Waals surface area (Å²) in [5.74, 6) is -1.03. The van der Waals surface area contributed by atoms with Gasteiger partial charge in [0.25, 0.3) is 0 Å². The first-order valence-electron chi connectivity index (χ1n) is 2.86. The average Bonchev–Trinajstić information content (AvgIpc) is 2.37. The van der Waals surface area contributed by atoms with E-state index < -0.39 is 5.97 Å². The molecule has 11 heavy (non-hydrogen) atoms. The Labute approximate surface area is 62.5 Å². The Balaban J connectivity index is 2.83. The van der Waals surface area contributed by atoms with Gasteiger partial charge in [-0.25, -0.2) is 4.79 Å². The highest BCUT2D eigenvalue weighted by molar-refractivity contribution is 5.86. The van der Waals surface area contributed by atoms with Gasteiger partial charge in [-0.05, 0) is 0 Å². The zero-order valence-corrected chi connectivity index (χ0v) is 5.56. The van der Waals surface area contributed by atoms with Crippen molar-refractivity contribution in [2.45, 2.75) is 6.54 Å². The average molecular weight is 151 g/mol. The number of aromatic nitrogens is 2. The van der Waals surface area contributed by atoms with E-state index in [2.05, 4.69) is 5.10 Å². The Hall–Kier alpha value is -1.83. The van der Waals surface area contributed by atoms with Crippen LogP contribution in [0.25, 0.3) is 0 Å². The Morgan fingerprint density at radius 1 is 1.91 bits per heavy atom. The monoisotopic (exact) mass is 151 g/mol. The van der Waals surface area contributed by atoms with Crippen LogP contribution in [-0.2, 0) is 6.54 Å². The van der Waals surface area contributed by atoms with Crippen LogP contribution < -0.4 is 0 Å². The molecule has 1 heterocycles. The molecule has 0 aliphatic rings. The Kier molecular flexibility index (Phi) is 1.88. The molecule has 0 atom stereocenters. The third kappa shape index (κ3) is 1.55. The van der Waals surface area contributed by atoms with Crippen molar-refractivity contribution in [2.75, 3.05) is 0 Å². The van der Waals surface area contributed by atoms with Gasteiger partial charge in [0.05, 0.1) is 17.8 Å². The molecule has 5 heteroatoms. The smallest absolute Gasteiger partial charge is 0.338 e. The first-order chi connectivity index (χ1) is 5.24. The summed E-state index contributed by atoms with van der Waals surface area (Å²) in [5, 5.41) is 20.3. The van der Waals surface area contributed by atoms with Crippen LogP contribution in [0.4, 0.5) is 0 Å². The van der Waals surface area contributed by atoms with E-state index in [0.29, 0.717) is 0 Å². The highest BCUT2D eigenvalue weighted by atomic mass is 16.4. The molecule has 0 bridgehead atoms. The van der Waals surface area contributed by atoms with Gasteiger partial charge in [0, 0.05) is 6.20 Å². The summed E-state index contributed by atoms with van der Waals surface area (Å²) in [6.07, 6.45) is 2.52. The fourth-order valence-corrected chi connectivity index (χ4v) is 0.633. The van der Waals surface area contributed by atoms with Crippen LogP contribution >= 0.6 is 0 Å². The molecule has 0 aromatic carbocycles. The molecule has 1 aromatic heterocycles. The molecular weight excluding hydrogens is 146 g/mol. The van der Waals surface area contributed by atoms with Crippen molar-refractivity contribution in [3.63, 3.8) is 0 Å². The first kappa shape index (κ1) is 7.28. The van der Waals surface area contributed by atoms with Crippen LogP contribution in [0.3, 0.4) is 0 Å². The van der Waals surface area contributed by atoms with E-state index in [1.54, 1.807) is 0 Å². The lowest BCUT2D eigenvalue weighted by molar-refractivity contribution is 0.0697. The van der Waals surface area contributed by atoms with Crippen molar-refractivity contribution < 1.29 is 9.90 Å². The molecule has 0 saturated carbocycles. The van der Waals surface area contributed by atoms with Gasteiger partial charge in [-0.15, -0.1) is 0 Å². The molecule has 1 rings (SSSR count). The first-order valence-corrected chi connectivity index (χ1v) is 2.86. The van der Waals surface area contributed by atoms with Gasteiger partial charge in [-0.1, -0.05) is 0 Å². The predicted octanol–water partition coefficient (Wildman–Crippen LogP) is 0.105. The molecule has 1 aromatic rings. The van der Waals surface area contributed by atoms with Gasteiger partial charge in [-0.2, -0.15) is 10.4 Å². The number of aromatic carboxylic acids is 1. The second-order valence-electron chi connectivity index (χ2n) is 1.89. The van der Waals surface area contributed by atoms with Crippen LogP contribution in [0.1, 0.15) is 10.4 Å². The van der Waals surface area contributed by atoms with Crippen LogP contribution in [-0.4, -0.2) is 20.9 Å². The number of hydrogen-bond acceptors (Lipinski definition) is 3. The number of rotatable bonds is 2. The van der Waals surface area contributed by atoms with Gasteiger partial charge < -0.3 is 5.11 Å². The summed E-state index contributed by atoms with van der Waals surface area (Å²) in [5.41, 5.74) is 0.0975. The molecule has 1 N–H and O–H groups in total. The largest absolute Gasteiger partial charge is 0.478 e. The number of carboxylic acid groups (broad SMARTS) is 1. The third-order valence-electron chi connectivity index (χ3n) is 1.11. The van der Waals surface area contributed by atoms with Gasteiger partial charge in [-0.3, -0.25) is 4.68 Å². The second-order valence-corrected chi connectivity index (χ2v) is 1.89. The van der Waals surface area contributed by atoms with Crippen LogP contribution in [0.15, 0.2) is 12.4 Å². The maximum Gasteiger partial charge on any atom is 0.338 e. The van der Waals surface area contributed by atoms with Crippen molar-refractivity contribution in [1.82, 2.24) is 9.78 Å². The minimum absolute atomic E-state index is 0.0767. The van der Waals surface area contributed by atoms with Crippen molar-refractivity contribution in [1.29, 1.82) is 5.26 Å². The number of nitriles is 1. The van der Waals surface area contributed by atoms with E-state index in [-0.39, 0.29) is 12.1 Å². The minimum atomic E-state index is -1.03. The number of carbonyl (C=O) groups is 1. The lowest BCUT2D eigenvalue weighted by atomic mass is 10.4. The maximum atomic E-state index is 10.3. The summed E-state index contributed by atoms with van der Waals surface area (Å²) < 4.78 is 1.27. The predicted molar refractivity (Wildman–Crippen MR) is 34.8 cm³/mol. The van der Waals surface area contributed by atoms with Gasteiger partial charge >= 0.3 is 5.97 Å². The molecule has 0 aliphatic heterocycles. The number of nitrogens with zero attached hydrogens (tertiary/aromatic N) is 3. The summed E-state index contributed by atoms with van der Waals surface area (Å²) in [6, 6.07) is 1.84. The topological polar surface area (TPSA) is 78.9 Å². The molecule has 0 saturated heterocycles. The van der Waals surface area contributed by atoms with E-state index in [4.69, 9.17) is 10.4 Å². The summed E-state index contributed by atoms with van der Waals surface area (Å²) >= 11 is 0. The zero-order chi connectivity index (χ0) is 8.27. The fourth-order valence-electron chi connectivity index (χ4n) is 0.633. The van der Waals surface area contributed by atoms with Crippen molar-refractivity contribution in [3.8, 4) is 6.07 Å². The van der Waals surface area contributed by atoms with Crippen LogP contribution in [0, 0.1) is 11.3 Å². The van der Waals surface area contributed by atoms with E-state index in [9.17, 15) is 4.79 Å². The van der Waals surface area contributed by atoms with Gasteiger partial charge in [0.1, 0.15) is 6.54 Å². The van der Waals surface area contributed by atoms with E-state index in [0.717, 1.165) is 0 Å². The standard InChI is InChI=1S/C6H5N3O2/c7-1-2-9-4-5(3-8-9)6(10)11/h3-4H,2H2,(H,10,11). The summed E-state index contributed by atoms with van der Waals surface area (Å²) in [4.78, 5) is 10.3. The van der Waals surface area contributed by atoms with E-state index in [1.807, 2.05) is 6.07 Å². The number of carboxylic acids is 1. The molecule has 0 amide bonds. The molecular formula is C6H5N3O2. The molecule has 0 radical (unpaired) electrons. The molecule has 56 valence electrons. The van der Waals surface area contributed by atoms with Crippen molar-refractivity contribution in [2.24, 2.45) is 0 Å². The summed E-state index contributed by atoms with van der Waals surface area (Å²) in [6.45, 7) is 0.0767. The lowest BCUT2D eigenvalue weighted by Crippen LogP contribution is -1.96.